The normalized spacial score (nSPS) is 16.2. The molecule has 1 aliphatic rings. The van der Waals surface area contributed by atoms with Crippen LogP contribution in [0.3, 0.4) is 0 Å². The van der Waals surface area contributed by atoms with Gasteiger partial charge in [-0.1, -0.05) is 12.1 Å². The van der Waals surface area contributed by atoms with Crippen LogP contribution in [0, 0.1) is 0 Å². The van der Waals surface area contributed by atoms with Crippen LogP contribution in [-0.2, 0) is 18.0 Å². The molecule has 1 aliphatic heterocycles. The van der Waals surface area contributed by atoms with Gasteiger partial charge in [-0.2, -0.15) is 5.10 Å². The van der Waals surface area contributed by atoms with Crippen molar-refractivity contribution in [3.8, 4) is 0 Å². The number of hydrogen-bond acceptors (Lipinski definition) is 5. The van der Waals surface area contributed by atoms with Gasteiger partial charge in [-0.15, -0.1) is 12.4 Å². The van der Waals surface area contributed by atoms with E-state index in [4.69, 9.17) is 9.15 Å². The number of aromatic nitrogens is 2. The molecule has 0 bridgehead atoms. The molecule has 4 rings (SSSR count). The number of ether oxygens (including phenoxy) is 1. The van der Waals surface area contributed by atoms with Crippen molar-refractivity contribution in [1.29, 1.82) is 0 Å². The van der Waals surface area contributed by atoms with E-state index in [1.807, 2.05) is 47.3 Å². The van der Waals surface area contributed by atoms with Crippen molar-refractivity contribution < 1.29 is 13.9 Å². The number of anilines is 1. The summed E-state index contributed by atoms with van der Waals surface area (Å²) >= 11 is 0. The van der Waals surface area contributed by atoms with Crippen LogP contribution in [0.1, 0.15) is 40.7 Å². The standard InChI is InChI=1S/C21H24N4O3.ClH/c26-21(20-8-10-25(24-20)18-6-2-9-22-13-18)23-17-5-1-4-16(12-17)14-27-15-19-7-3-11-28-19;/h1,3-5,7-8,10-12,18,22H,2,6,9,13-15H2,(H,23,26);1H. The number of halogens is 1. The molecule has 2 N–H and O–H groups in total. The Morgan fingerprint density at radius 2 is 2.21 bits per heavy atom. The summed E-state index contributed by atoms with van der Waals surface area (Å²) in [5.74, 6) is 0.574. The molecular weight excluding hydrogens is 392 g/mol. The lowest BCUT2D eigenvalue weighted by Gasteiger charge is -2.22. The SMILES string of the molecule is Cl.O=C(Nc1cccc(COCc2ccco2)c1)c1ccn(C2CCCNC2)n1. The van der Waals surface area contributed by atoms with Crippen molar-refractivity contribution in [2.24, 2.45) is 0 Å². The van der Waals surface area contributed by atoms with E-state index in [1.165, 1.54) is 0 Å². The Bertz CT molecular complexity index is 904. The molecule has 0 aliphatic carbocycles. The van der Waals surface area contributed by atoms with Crippen LogP contribution < -0.4 is 10.6 Å². The lowest BCUT2D eigenvalue weighted by atomic mass is 10.1. The summed E-state index contributed by atoms with van der Waals surface area (Å²) in [7, 11) is 0. The largest absolute Gasteiger partial charge is 0.467 e. The van der Waals surface area contributed by atoms with E-state index in [0.29, 0.717) is 24.9 Å². The number of nitrogens with zero attached hydrogens (tertiary/aromatic N) is 2. The first-order chi connectivity index (χ1) is 13.8. The molecule has 1 amide bonds. The van der Waals surface area contributed by atoms with Gasteiger partial charge in [0, 0.05) is 18.4 Å². The van der Waals surface area contributed by atoms with Crippen molar-refractivity contribution in [2.75, 3.05) is 18.4 Å². The van der Waals surface area contributed by atoms with Gasteiger partial charge >= 0.3 is 0 Å². The van der Waals surface area contributed by atoms with Crippen LogP contribution in [-0.4, -0.2) is 28.8 Å². The summed E-state index contributed by atoms with van der Waals surface area (Å²) in [6.07, 6.45) is 5.71. The summed E-state index contributed by atoms with van der Waals surface area (Å²) in [6.45, 7) is 2.79. The number of rotatable bonds is 7. The van der Waals surface area contributed by atoms with Crippen molar-refractivity contribution in [2.45, 2.75) is 32.1 Å². The maximum absolute atomic E-state index is 12.5. The number of carbonyl (C=O) groups excluding carboxylic acids is 1. The Morgan fingerprint density at radius 3 is 3.00 bits per heavy atom. The number of furan rings is 1. The molecule has 7 nitrogen and oxygen atoms in total. The van der Waals surface area contributed by atoms with Gasteiger partial charge in [0.15, 0.2) is 5.69 Å². The quantitative estimate of drug-likeness (QED) is 0.612. The third kappa shape index (κ3) is 5.69. The van der Waals surface area contributed by atoms with Crippen LogP contribution in [0.15, 0.2) is 59.3 Å². The molecule has 0 spiro atoms. The summed E-state index contributed by atoms with van der Waals surface area (Å²) in [4.78, 5) is 12.5. The molecular formula is C21H25ClN4O3. The Kier molecular flexibility index (Phi) is 7.46. The predicted octanol–water partition coefficient (Wildman–Crippen LogP) is 3.79. The van der Waals surface area contributed by atoms with Gasteiger partial charge in [0.1, 0.15) is 12.4 Å². The maximum Gasteiger partial charge on any atom is 0.276 e. The molecule has 8 heteroatoms. The van der Waals surface area contributed by atoms with Crippen LogP contribution in [0.25, 0.3) is 0 Å². The van der Waals surface area contributed by atoms with E-state index in [0.717, 1.165) is 42.9 Å². The van der Waals surface area contributed by atoms with Gasteiger partial charge in [0.05, 0.1) is 18.9 Å². The first-order valence-electron chi connectivity index (χ1n) is 9.54. The maximum atomic E-state index is 12.5. The number of nitrogens with one attached hydrogen (secondary N) is 2. The van der Waals surface area contributed by atoms with Gasteiger partial charge in [-0.05, 0) is 55.3 Å². The van der Waals surface area contributed by atoms with Crippen LogP contribution >= 0.6 is 12.4 Å². The van der Waals surface area contributed by atoms with E-state index >= 15 is 0 Å². The van der Waals surface area contributed by atoms with Crippen LogP contribution in [0.4, 0.5) is 5.69 Å². The van der Waals surface area contributed by atoms with Gasteiger partial charge in [-0.3, -0.25) is 9.48 Å². The van der Waals surface area contributed by atoms with Gasteiger partial charge in [0.2, 0.25) is 0 Å². The minimum atomic E-state index is -0.212. The third-order valence-electron chi connectivity index (χ3n) is 4.76. The molecule has 3 heterocycles. The van der Waals surface area contributed by atoms with Crippen LogP contribution in [0.2, 0.25) is 0 Å². The first-order valence-corrected chi connectivity index (χ1v) is 9.54. The zero-order valence-corrected chi connectivity index (χ0v) is 16.9. The molecule has 1 unspecified atom stereocenters. The highest BCUT2D eigenvalue weighted by atomic mass is 35.5. The molecule has 0 radical (unpaired) electrons. The molecule has 1 atom stereocenters. The first kappa shape index (κ1) is 21.1. The Balaban J connectivity index is 0.00000240. The second kappa shape index (κ2) is 10.2. The molecule has 154 valence electrons. The fourth-order valence-electron chi connectivity index (χ4n) is 3.32. The zero-order valence-electron chi connectivity index (χ0n) is 16.0. The van der Waals surface area contributed by atoms with Gasteiger partial charge in [0.25, 0.3) is 5.91 Å². The van der Waals surface area contributed by atoms with Gasteiger partial charge < -0.3 is 19.8 Å². The minimum absolute atomic E-state index is 0. The fourth-order valence-corrected chi connectivity index (χ4v) is 3.32. The highest BCUT2D eigenvalue weighted by molar-refractivity contribution is 6.02. The van der Waals surface area contributed by atoms with E-state index < -0.39 is 0 Å². The number of hydrogen-bond donors (Lipinski definition) is 2. The molecule has 1 saturated heterocycles. The number of amides is 1. The molecule has 29 heavy (non-hydrogen) atoms. The summed E-state index contributed by atoms with van der Waals surface area (Å²) in [6, 6.07) is 13.4. The smallest absolute Gasteiger partial charge is 0.276 e. The topological polar surface area (TPSA) is 81.3 Å². The average Bonchev–Trinajstić information content (AvgIpc) is 3.41. The van der Waals surface area contributed by atoms with Crippen molar-refractivity contribution in [3.63, 3.8) is 0 Å². The van der Waals surface area contributed by atoms with Crippen molar-refractivity contribution >= 4 is 24.0 Å². The minimum Gasteiger partial charge on any atom is -0.467 e. The molecule has 0 saturated carbocycles. The highest BCUT2D eigenvalue weighted by Gasteiger charge is 2.17. The number of carbonyl (C=O) groups is 1. The fraction of sp³-hybridized carbons (Fsp3) is 0.333. The Hall–Kier alpha value is -2.61. The molecule has 1 fully saturated rings. The highest BCUT2D eigenvalue weighted by Crippen LogP contribution is 2.17. The van der Waals surface area contributed by atoms with Crippen LogP contribution in [0.5, 0.6) is 0 Å². The predicted molar refractivity (Wildman–Crippen MR) is 112 cm³/mol. The second-order valence-electron chi connectivity index (χ2n) is 6.91. The lowest BCUT2D eigenvalue weighted by Crippen LogP contribution is -2.32. The van der Waals surface area contributed by atoms with Crippen molar-refractivity contribution in [3.05, 3.63) is 71.9 Å². The molecule has 1 aromatic carbocycles. The zero-order chi connectivity index (χ0) is 19.2. The van der Waals surface area contributed by atoms with E-state index in [1.54, 1.807) is 12.3 Å². The Labute approximate surface area is 175 Å². The molecule has 3 aromatic rings. The number of benzene rings is 1. The lowest BCUT2D eigenvalue weighted by molar-refractivity contribution is 0.0929. The average molecular weight is 417 g/mol. The van der Waals surface area contributed by atoms with E-state index in [9.17, 15) is 4.79 Å². The molecule has 2 aromatic heterocycles. The number of piperidine rings is 1. The van der Waals surface area contributed by atoms with Crippen molar-refractivity contribution in [1.82, 2.24) is 15.1 Å². The second-order valence-corrected chi connectivity index (χ2v) is 6.91. The Morgan fingerprint density at radius 1 is 1.28 bits per heavy atom. The summed E-state index contributed by atoms with van der Waals surface area (Å²) in [5, 5.41) is 10.7. The van der Waals surface area contributed by atoms with E-state index in [2.05, 4.69) is 15.7 Å². The van der Waals surface area contributed by atoms with E-state index in [-0.39, 0.29) is 18.3 Å². The van der Waals surface area contributed by atoms with Gasteiger partial charge in [-0.25, -0.2) is 0 Å². The summed E-state index contributed by atoms with van der Waals surface area (Å²) in [5.41, 5.74) is 2.12. The third-order valence-corrected chi connectivity index (χ3v) is 4.76. The summed E-state index contributed by atoms with van der Waals surface area (Å²) < 4.78 is 12.8. The monoisotopic (exact) mass is 416 g/mol.